The van der Waals surface area contributed by atoms with Gasteiger partial charge in [-0.15, -0.1) is 0 Å². The Labute approximate surface area is 208 Å². The van der Waals surface area contributed by atoms with Crippen molar-refractivity contribution in [2.45, 2.75) is 26.4 Å². The highest BCUT2D eigenvalue weighted by Crippen LogP contribution is 2.32. The van der Waals surface area contributed by atoms with Crippen LogP contribution in [-0.2, 0) is 29.1 Å². The molecule has 0 unspecified atom stereocenters. The molecule has 4 rings (SSSR count). The van der Waals surface area contributed by atoms with Crippen molar-refractivity contribution in [1.82, 2.24) is 4.90 Å². The first kappa shape index (κ1) is 26.5. The molecule has 190 valence electrons. The van der Waals surface area contributed by atoms with Gasteiger partial charge in [0, 0.05) is 25.2 Å². The molecule has 0 spiro atoms. The van der Waals surface area contributed by atoms with Crippen LogP contribution in [0.1, 0.15) is 23.6 Å². The third-order valence-corrected chi connectivity index (χ3v) is 5.33. The van der Waals surface area contributed by atoms with Crippen molar-refractivity contribution in [3.8, 4) is 17.2 Å². The minimum Gasteiger partial charge on any atom is -0.494 e. The highest BCUT2D eigenvalue weighted by Gasteiger charge is 2.15. The van der Waals surface area contributed by atoms with E-state index in [9.17, 15) is 4.39 Å². The van der Waals surface area contributed by atoms with Crippen molar-refractivity contribution >= 4 is 11.9 Å². The molecule has 1 aliphatic heterocycles. The second-order valence-corrected chi connectivity index (χ2v) is 7.93. The molecule has 1 aliphatic rings. The zero-order valence-corrected chi connectivity index (χ0v) is 19.9. The number of rotatable bonds is 9. The van der Waals surface area contributed by atoms with Gasteiger partial charge in [0.05, 0.1) is 6.61 Å². The van der Waals surface area contributed by atoms with Gasteiger partial charge in [0.15, 0.2) is 11.5 Å². The van der Waals surface area contributed by atoms with Gasteiger partial charge >= 0.3 is 11.9 Å². The SMILES string of the molecule is CCOc1ccc(CN(CCc2ccc3c(c2)OCO3)Cc2ccccc2F)cc1.O=C(O)C(=O)O. The monoisotopic (exact) mass is 497 g/mol. The normalized spacial score (nSPS) is 11.5. The smallest absolute Gasteiger partial charge is 0.414 e. The molecule has 9 heteroatoms. The molecule has 3 aromatic carbocycles. The Hall–Kier alpha value is -4.11. The summed E-state index contributed by atoms with van der Waals surface area (Å²) in [4.78, 5) is 20.5. The van der Waals surface area contributed by atoms with E-state index in [2.05, 4.69) is 23.1 Å². The van der Waals surface area contributed by atoms with E-state index in [0.717, 1.165) is 36.8 Å². The van der Waals surface area contributed by atoms with Gasteiger partial charge in [0.1, 0.15) is 11.6 Å². The second kappa shape index (κ2) is 13.1. The van der Waals surface area contributed by atoms with E-state index in [1.807, 2.05) is 43.3 Å². The number of ether oxygens (including phenoxy) is 3. The molecule has 36 heavy (non-hydrogen) atoms. The van der Waals surface area contributed by atoms with Crippen LogP contribution in [0, 0.1) is 5.82 Å². The van der Waals surface area contributed by atoms with E-state index in [1.54, 1.807) is 6.07 Å². The van der Waals surface area contributed by atoms with Crippen LogP contribution < -0.4 is 14.2 Å². The summed E-state index contributed by atoms with van der Waals surface area (Å²) in [6, 6.07) is 21.1. The Morgan fingerprint density at radius 1 is 0.917 bits per heavy atom. The predicted octanol–water partition coefficient (Wildman–Crippen LogP) is 4.35. The topological polar surface area (TPSA) is 106 Å². The lowest BCUT2D eigenvalue weighted by molar-refractivity contribution is -0.159. The van der Waals surface area contributed by atoms with Gasteiger partial charge in [0.25, 0.3) is 0 Å². The molecule has 3 aromatic rings. The first-order chi connectivity index (χ1) is 17.4. The molecule has 0 amide bonds. The summed E-state index contributed by atoms with van der Waals surface area (Å²) < 4.78 is 30.7. The Kier molecular flexibility index (Phi) is 9.64. The zero-order chi connectivity index (χ0) is 25.9. The minimum absolute atomic E-state index is 0.169. The first-order valence-electron chi connectivity index (χ1n) is 11.4. The van der Waals surface area contributed by atoms with Gasteiger partial charge in [-0.3, -0.25) is 4.90 Å². The van der Waals surface area contributed by atoms with Crippen molar-refractivity contribution in [3.05, 3.63) is 89.2 Å². The fourth-order valence-corrected chi connectivity index (χ4v) is 3.58. The summed E-state index contributed by atoms with van der Waals surface area (Å²) in [5.41, 5.74) is 3.04. The fraction of sp³-hybridized carbons (Fsp3) is 0.259. The Morgan fingerprint density at radius 3 is 2.25 bits per heavy atom. The van der Waals surface area contributed by atoms with E-state index < -0.39 is 11.9 Å². The van der Waals surface area contributed by atoms with Crippen LogP contribution in [0.3, 0.4) is 0 Å². The van der Waals surface area contributed by atoms with Gasteiger partial charge in [-0.2, -0.15) is 0 Å². The first-order valence-corrected chi connectivity index (χ1v) is 11.4. The number of fused-ring (bicyclic) bond motifs is 1. The predicted molar refractivity (Wildman–Crippen MR) is 130 cm³/mol. The van der Waals surface area contributed by atoms with Crippen LogP contribution in [0.5, 0.6) is 17.2 Å². The summed E-state index contributed by atoms with van der Waals surface area (Å²) in [6.07, 6.45) is 0.835. The molecule has 1 heterocycles. The Balaban J connectivity index is 0.000000538. The third kappa shape index (κ3) is 7.99. The van der Waals surface area contributed by atoms with E-state index in [0.29, 0.717) is 18.7 Å². The number of nitrogens with zero attached hydrogens (tertiary/aromatic N) is 1. The fourth-order valence-electron chi connectivity index (χ4n) is 3.58. The summed E-state index contributed by atoms with van der Waals surface area (Å²) >= 11 is 0. The third-order valence-electron chi connectivity index (χ3n) is 5.33. The van der Waals surface area contributed by atoms with Crippen LogP contribution in [0.2, 0.25) is 0 Å². The Morgan fingerprint density at radius 2 is 1.58 bits per heavy atom. The van der Waals surface area contributed by atoms with E-state index in [1.165, 1.54) is 17.2 Å². The van der Waals surface area contributed by atoms with Crippen molar-refractivity contribution in [3.63, 3.8) is 0 Å². The lowest BCUT2D eigenvalue weighted by atomic mass is 10.1. The molecule has 0 aliphatic carbocycles. The molecule has 2 N–H and O–H groups in total. The van der Waals surface area contributed by atoms with Gasteiger partial charge in [-0.1, -0.05) is 36.4 Å². The number of carboxylic acid groups (broad SMARTS) is 2. The van der Waals surface area contributed by atoms with Crippen LogP contribution in [-0.4, -0.2) is 47.0 Å². The van der Waals surface area contributed by atoms with Gasteiger partial charge in [0.2, 0.25) is 6.79 Å². The minimum atomic E-state index is -1.82. The maximum atomic E-state index is 14.3. The van der Waals surface area contributed by atoms with Crippen LogP contribution in [0.4, 0.5) is 4.39 Å². The van der Waals surface area contributed by atoms with E-state index in [4.69, 9.17) is 34.0 Å². The van der Waals surface area contributed by atoms with Crippen molar-refractivity contribution < 1.29 is 38.4 Å². The average molecular weight is 498 g/mol. The van der Waals surface area contributed by atoms with Crippen molar-refractivity contribution in [1.29, 1.82) is 0 Å². The second-order valence-electron chi connectivity index (χ2n) is 7.93. The van der Waals surface area contributed by atoms with E-state index in [-0.39, 0.29) is 12.6 Å². The maximum absolute atomic E-state index is 14.3. The molecule has 0 saturated carbocycles. The maximum Gasteiger partial charge on any atom is 0.414 e. The highest BCUT2D eigenvalue weighted by molar-refractivity contribution is 6.27. The number of hydrogen-bond donors (Lipinski definition) is 2. The summed E-state index contributed by atoms with van der Waals surface area (Å²) in [5, 5.41) is 14.8. The highest BCUT2D eigenvalue weighted by atomic mass is 19.1. The van der Waals surface area contributed by atoms with Gasteiger partial charge < -0.3 is 24.4 Å². The lowest BCUT2D eigenvalue weighted by Gasteiger charge is -2.23. The number of carbonyl (C=O) groups is 2. The average Bonchev–Trinajstić information content (AvgIpc) is 3.33. The molecule has 8 nitrogen and oxygen atoms in total. The largest absolute Gasteiger partial charge is 0.494 e. The molecular formula is C27H28FNO7. The van der Waals surface area contributed by atoms with E-state index >= 15 is 0 Å². The summed E-state index contributed by atoms with van der Waals surface area (Å²) in [6.45, 7) is 4.96. The molecule has 0 bridgehead atoms. The molecule has 0 atom stereocenters. The van der Waals surface area contributed by atoms with Crippen LogP contribution in [0.15, 0.2) is 66.7 Å². The molecule has 0 radical (unpaired) electrons. The Bertz CT molecular complexity index is 1160. The number of carboxylic acids is 2. The number of benzene rings is 3. The summed E-state index contributed by atoms with van der Waals surface area (Å²) in [5.74, 6) is -1.37. The molecular weight excluding hydrogens is 469 g/mol. The lowest BCUT2D eigenvalue weighted by Crippen LogP contribution is -2.26. The van der Waals surface area contributed by atoms with Crippen LogP contribution in [0.25, 0.3) is 0 Å². The van der Waals surface area contributed by atoms with Crippen molar-refractivity contribution in [2.75, 3.05) is 19.9 Å². The quantitative estimate of drug-likeness (QED) is 0.421. The summed E-state index contributed by atoms with van der Waals surface area (Å²) in [7, 11) is 0. The number of hydrogen-bond acceptors (Lipinski definition) is 6. The van der Waals surface area contributed by atoms with Gasteiger partial charge in [-0.05, 0) is 54.8 Å². The van der Waals surface area contributed by atoms with Crippen molar-refractivity contribution in [2.24, 2.45) is 0 Å². The number of aliphatic carboxylic acids is 2. The van der Waals surface area contributed by atoms with Gasteiger partial charge in [-0.25, -0.2) is 14.0 Å². The van der Waals surface area contributed by atoms with Crippen LogP contribution >= 0.6 is 0 Å². The standard InChI is InChI=1S/C25H26FNO3.C2H2O4/c1-2-28-22-10-7-20(8-11-22)16-27(17-21-5-3-4-6-23(21)26)14-13-19-9-12-24-25(15-19)30-18-29-24;3-1(4)2(5)6/h3-12,15H,2,13-14,16-18H2,1H3;(H,3,4)(H,5,6). The molecule has 0 fully saturated rings. The molecule has 0 saturated heterocycles. The molecule has 0 aromatic heterocycles. The zero-order valence-electron chi connectivity index (χ0n) is 19.9. The number of halogens is 1.